The maximum Gasteiger partial charge on any atom is 0.151 e. The lowest BCUT2D eigenvalue weighted by molar-refractivity contribution is -0.0894. The van der Waals surface area contributed by atoms with E-state index in [0.29, 0.717) is 26.4 Å². The quantitative estimate of drug-likeness (QED) is 0.415. The van der Waals surface area contributed by atoms with Crippen LogP contribution in [-0.4, -0.2) is 24.9 Å². The number of benzene rings is 3. The SMILES string of the molecule is C/C=C1\O[C@H](COCc2ccccc2)C(OCc2ccccc2)C1OCc1ccccc1. The summed E-state index contributed by atoms with van der Waals surface area (Å²) in [5.41, 5.74) is 3.37. The Kier molecular flexibility index (Phi) is 8.10. The summed E-state index contributed by atoms with van der Waals surface area (Å²) in [7, 11) is 0. The summed E-state index contributed by atoms with van der Waals surface area (Å²) in [6.45, 7) is 3.92. The summed E-state index contributed by atoms with van der Waals surface area (Å²) in [6, 6.07) is 30.5. The summed E-state index contributed by atoms with van der Waals surface area (Å²) in [5, 5.41) is 0. The van der Waals surface area contributed by atoms with Gasteiger partial charge in [0.25, 0.3) is 0 Å². The van der Waals surface area contributed by atoms with E-state index in [9.17, 15) is 0 Å². The van der Waals surface area contributed by atoms with Crippen LogP contribution in [0.1, 0.15) is 23.6 Å². The topological polar surface area (TPSA) is 36.9 Å². The molecule has 0 spiro atoms. The fourth-order valence-electron chi connectivity index (χ4n) is 3.79. The third kappa shape index (κ3) is 6.07. The molecule has 0 bridgehead atoms. The number of allylic oxidation sites excluding steroid dienone is 1. The van der Waals surface area contributed by atoms with Gasteiger partial charge in [0.05, 0.1) is 26.4 Å². The minimum Gasteiger partial charge on any atom is -0.487 e. The third-order valence-electron chi connectivity index (χ3n) is 5.47. The van der Waals surface area contributed by atoms with Gasteiger partial charge in [-0.25, -0.2) is 0 Å². The predicted octanol–water partition coefficient (Wildman–Crippen LogP) is 5.68. The molecular formula is C28H30O4. The standard InChI is InChI=1S/C28H30O4/c1-2-25-27(30-19-23-14-8-4-9-15-23)28(31-20-24-16-10-5-11-17-24)26(32-25)21-29-18-22-12-6-3-7-13-22/h2-17,26-28H,18-21H2,1H3/b25-2-/t26-,27?,28?/m1/s1. The Labute approximate surface area is 190 Å². The second-order valence-corrected chi connectivity index (χ2v) is 7.83. The minimum atomic E-state index is -0.283. The van der Waals surface area contributed by atoms with Crippen LogP contribution in [0.5, 0.6) is 0 Å². The molecule has 32 heavy (non-hydrogen) atoms. The lowest BCUT2D eigenvalue weighted by Gasteiger charge is -2.23. The van der Waals surface area contributed by atoms with Crippen LogP contribution in [0.25, 0.3) is 0 Å². The van der Waals surface area contributed by atoms with Crippen LogP contribution in [0, 0.1) is 0 Å². The van der Waals surface area contributed by atoms with Crippen molar-refractivity contribution < 1.29 is 18.9 Å². The first-order valence-corrected chi connectivity index (χ1v) is 11.1. The Balaban J connectivity index is 1.44. The largest absolute Gasteiger partial charge is 0.487 e. The van der Waals surface area contributed by atoms with Crippen LogP contribution < -0.4 is 0 Å². The van der Waals surface area contributed by atoms with Crippen molar-refractivity contribution in [1.29, 1.82) is 0 Å². The van der Waals surface area contributed by atoms with E-state index in [0.717, 1.165) is 22.4 Å². The molecule has 0 amide bonds. The van der Waals surface area contributed by atoms with Crippen LogP contribution in [0.15, 0.2) is 103 Å². The van der Waals surface area contributed by atoms with Crippen molar-refractivity contribution in [2.45, 2.75) is 45.1 Å². The number of rotatable bonds is 10. The molecule has 166 valence electrons. The van der Waals surface area contributed by atoms with Gasteiger partial charge in [0, 0.05) is 0 Å². The number of ether oxygens (including phenoxy) is 4. The molecule has 1 saturated heterocycles. The van der Waals surface area contributed by atoms with Gasteiger partial charge in [-0.15, -0.1) is 0 Å². The highest BCUT2D eigenvalue weighted by molar-refractivity contribution is 5.17. The smallest absolute Gasteiger partial charge is 0.151 e. The van der Waals surface area contributed by atoms with Gasteiger partial charge in [-0.1, -0.05) is 91.0 Å². The highest BCUT2D eigenvalue weighted by Crippen LogP contribution is 2.31. The summed E-state index contributed by atoms with van der Waals surface area (Å²) >= 11 is 0. The fraction of sp³-hybridized carbons (Fsp3) is 0.286. The van der Waals surface area contributed by atoms with Crippen molar-refractivity contribution >= 4 is 0 Å². The maximum atomic E-state index is 6.37. The Bertz CT molecular complexity index is 956. The molecule has 3 atom stereocenters. The van der Waals surface area contributed by atoms with Crippen molar-refractivity contribution in [3.63, 3.8) is 0 Å². The highest BCUT2D eigenvalue weighted by Gasteiger charge is 2.43. The van der Waals surface area contributed by atoms with E-state index in [1.165, 1.54) is 0 Å². The summed E-state index contributed by atoms with van der Waals surface area (Å²) in [5.74, 6) is 0.798. The maximum absolute atomic E-state index is 6.37. The van der Waals surface area contributed by atoms with Crippen molar-refractivity contribution in [3.05, 3.63) is 120 Å². The zero-order chi connectivity index (χ0) is 22.0. The molecule has 0 N–H and O–H groups in total. The molecule has 1 heterocycles. The molecule has 3 aromatic rings. The molecular weight excluding hydrogens is 400 g/mol. The van der Waals surface area contributed by atoms with E-state index in [1.54, 1.807) is 0 Å². The van der Waals surface area contributed by atoms with Crippen molar-refractivity contribution in [3.8, 4) is 0 Å². The van der Waals surface area contributed by atoms with Gasteiger partial charge in [-0.05, 0) is 29.7 Å². The molecule has 0 saturated carbocycles. The molecule has 3 aromatic carbocycles. The van der Waals surface area contributed by atoms with Gasteiger partial charge in [0.15, 0.2) is 6.10 Å². The van der Waals surface area contributed by atoms with Crippen LogP contribution in [0.3, 0.4) is 0 Å². The second-order valence-electron chi connectivity index (χ2n) is 7.83. The zero-order valence-corrected chi connectivity index (χ0v) is 18.4. The third-order valence-corrected chi connectivity index (χ3v) is 5.47. The molecule has 0 aromatic heterocycles. The van der Waals surface area contributed by atoms with Gasteiger partial charge in [-0.2, -0.15) is 0 Å². The lowest BCUT2D eigenvalue weighted by Crippen LogP contribution is -2.37. The predicted molar refractivity (Wildman–Crippen MR) is 125 cm³/mol. The first-order chi connectivity index (χ1) is 15.8. The van der Waals surface area contributed by atoms with Crippen LogP contribution in [0.4, 0.5) is 0 Å². The summed E-state index contributed by atoms with van der Waals surface area (Å²) in [6.07, 6.45) is 1.18. The molecule has 1 aliphatic heterocycles. The van der Waals surface area contributed by atoms with Crippen molar-refractivity contribution in [2.24, 2.45) is 0 Å². The number of hydrogen-bond acceptors (Lipinski definition) is 4. The van der Waals surface area contributed by atoms with E-state index in [4.69, 9.17) is 18.9 Å². The van der Waals surface area contributed by atoms with Crippen molar-refractivity contribution in [1.82, 2.24) is 0 Å². The van der Waals surface area contributed by atoms with Gasteiger partial charge in [-0.3, -0.25) is 0 Å². The van der Waals surface area contributed by atoms with E-state index in [2.05, 4.69) is 36.4 Å². The van der Waals surface area contributed by atoms with Crippen LogP contribution in [0.2, 0.25) is 0 Å². The highest BCUT2D eigenvalue weighted by atomic mass is 16.6. The van der Waals surface area contributed by atoms with E-state index < -0.39 is 0 Å². The monoisotopic (exact) mass is 430 g/mol. The average Bonchev–Trinajstić information content (AvgIpc) is 3.19. The first-order valence-electron chi connectivity index (χ1n) is 11.1. The molecule has 4 rings (SSSR count). The van der Waals surface area contributed by atoms with Crippen molar-refractivity contribution in [2.75, 3.05) is 6.61 Å². The molecule has 4 heteroatoms. The Morgan fingerprint density at radius 3 is 1.72 bits per heavy atom. The Hall–Kier alpha value is -2.92. The molecule has 1 aliphatic rings. The van der Waals surface area contributed by atoms with E-state index in [1.807, 2.05) is 67.6 Å². The number of hydrogen-bond donors (Lipinski definition) is 0. The van der Waals surface area contributed by atoms with Gasteiger partial charge < -0.3 is 18.9 Å². The molecule has 2 unspecified atom stereocenters. The Morgan fingerprint density at radius 2 is 1.19 bits per heavy atom. The normalized spacial score (nSPS) is 21.5. The summed E-state index contributed by atoms with van der Waals surface area (Å²) in [4.78, 5) is 0. The van der Waals surface area contributed by atoms with Gasteiger partial charge >= 0.3 is 0 Å². The fourth-order valence-corrected chi connectivity index (χ4v) is 3.79. The Morgan fingerprint density at radius 1 is 0.688 bits per heavy atom. The van der Waals surface area contributed by atoms with Gasteiger partial charge in [0.1, 0.15) is 18.0 Å². The molecule has 1 fully saturated rings. The van der Waals surface area contributed by atoms with E-state index >= 15 is 0 Å². The van der Waals surface area contributed by atoms with E-state index in [-0.39, 0.29) is 18.3 Å². The molecule has 0 radical (unpaired) electrons. The van der Waals surface area contributed by atoms with Crippen LogP contribution in [-0.2, 0) is 38.8 Å². The van der Waals surface area contributed by atoms with Gasteiger partial charge in [0.2, 0.25) is 0 Å². The lowest BCUT2D eigenvalue weighted by atomic mass is 10.1. The minimum absolute atomic E-state index is 0.241. The molecule has 0 aliphatic carbocycles. The van der Waals surface area contributed by atoms with Crippen LogP contribution >= 0.6 is 0 Å². The zero-order valence-electron chi connectivity index (χ0n) is 18.4. The average molecular weight is 431 g/mol. The first kappa shape index (κ1) is 22.3. The molecule has 4 nitrogen and oxygen atoms in total. The summed E-state index contributed by atoms with van der Waals surface area (Å²) < 4.78 is 24.9. The second kappa shape index (κ2) is 11.6.